The molecule has 1 amide bonds. The van der Waals surface area contributed by atoms with Crippen molar-refractivity contribution in [2.24, 2.45) is 4.99 Å². The molecule has 0 fully saturated rings. The Morgan fingerprint density at radius 3 is 2.56 bits per heavy atom. The topological polar surface area (TPSA) is 59.9 Å². The number of rotatable bonds is 4. The molecule has 0 radical (unpaired) electrons. The van der Waals surface area contributed by atoms with Crippen LogP contribution in [0.4, 0.5) is 5.69 Å². The van der Waals surface area contributed by atoms with Crippen LogP contribution in [0.5, 0.6) is 0 Å². The van der Waals surface area contributed by atoms with E-state index in [-0.39, 0.29) is 5.91 Å². The van der Waals surface area contributed by atoms with Crippen molar-refractivity contribution in [3.63, 3.8) is 0 Å². The second-order valence-corrected chi connectivity index (χ2v) is 6.74. The quantitative estimate of drug-likeness (QED) is 0.759. The highest BCUT2D eigenvalue weighted by molar-refractivity contribution is 9.10. The van der Waals surface area contributed by atoms with Crippen molar-refractivity contribution in [1.29, 1.82) is 0 Å². The lowest BCUT2D eigenvalue weighted by Crippen LogP contribution is -2.38. The van der Waals surface area contributed by atoms with Crippen LogP contribution in [0, 0.1) is 0 Å². The molecule has 0 saturated heterocycles. The summed E-state index contributed by atoms with van der Waals surface area (Å²) in [6.07, 6.45) is -0.810. The monoisotopic (exact) mass is 422 g/mol. The van der Waals surface area contributed by atoms with Gasteiger partial charge < -0.3 is 14.8 Å². The van der Waals surface area contributed by atoms with Crippen molar-refractivity contribution in [3.8, 4) is 0 Å². The predicted octanol–water partition coefficient (Wildman–Crippen LogP) is 3.88. The molecule has 0 aromatic heterocycles. The van der Waals surface area contributed by atoms with Gasteiger partial charge in [-0.2, -0.15) is 0 Å². The zero-order valence-electron chi connectivity index (χ0n) is 13.6. The minimum atomic E-state index is -0.868. The molecule has 1 heterocycles. The SMILES string of the molecule is COC(OC)C1N=C(c2ccccc2Cl)c2cc(Br)ccc2NC1=O. The van der Waals surface area contributed by atoms with Crippen LogP contribution in [0.1, 0.15) is 11.1 Å². The lowest BCUT2D eigenvalue weighted by molar-refractivity contribution is -0.140. The number of hydrogen-bond acceptors (Lipinski definition) is 4. The Bertz CT molecular complexity index is 837. The lowest BCUT2D eigenvalue weighted by Gasteiger charge is -2.19. The Balaban J connectivity index is 2.24. The van der Waals surface area contributed by atoms with Gasteiger partial charge in [0, 0.05) is 34.8 Å². The molecule has 0 bridgehead atoms. The number of methoxy groups -OCH3 is 2. The van der Waals surface area contributed by atoms with E-state index in [0.717, 1.165) is 15.6 Å². The van der Waals surface area contributed by atoms with Crippen molar-refractivity contribution < 1.29 is 14.3 Å². The minimum Gasteiger partial charge on any atom is -0.353 e. The maximum atomic E-state index is 12.7. The summed E-state index contributed by atoms with van der Waals surface area (Å²) in [6.45, 7) is 0. The van der Waals surface area contributed by atoms with Gasteiger partial charge in [-0.15, -0.1) is 0 Å². The van der Waals surface area contributed by atoms with Gasteiger partial charge in [0.1, 0.15) is 0 Å². The number of ether oxygens (including phenoxy) is 2. The van der Waals surface area contributed by atoms with Crippen LogP contribution in [0.2, 0.25) is 5.02 Å². The number of halogens is 2. The summed E-state index contributed by atoms with van der Waals surface area (Å²) in [5.74, 6) is -0.306. The Hall–Kier alpha value is -1.73. The van der Waals surface area contributed by atoms with E-state index in [2.05, 4.69) is 26.2 Å². The van der Waals surface area contributed by atoms with Crippen molar-refractivity contribution in [2.75, 3.05) is 19.5 Å². The number of aliphatic imine (C=N–C) groups is 1. The Morgan fingerprint density at radius 2 is 1.88 bits per heavy atom. The second-order valence-electron chi connectivity index (χ2n) is 5.42. The Kier molecular flexibility index (Phi) is 5.54. The first kappa shape index (κ1) is 18.1. The first-order chi connectivity index (χ1) is 12.0. The highest BCUT2D eigenvalue weighted by atomic mass is 79.9. The van der Waals surface area contributed by atoms with Gasteiger partial charge >= 0.3 is 0 Å². The average Bonchev–Trinajstić information content (AvgIpc) is 2.74. The van der Waals surface area contributed by atoms with E-state index >= 15 is 0 Å². The van der Waals surface area contributed by atoms with Crippen molar-refractivity contribution in [2.45, 2.75) is 12.3 Å². The number of hydrogen-bond donors (Lipinski definition) is 1. The third-order valence-electron chi connectivity index (χ3n) is 3.88. The second kappa shape index (κ2) is 7.66. The zero-order valence-corrected chi connectivity index (χ0v) is 16.0. The number of nitrogens with one attached hydrogen (secondary N) is 1. The molecule has 2 aromatic carbocycles. The summed E-state index contributed by atoms with van der Waals surface area (Å²) in [5, 5.41) is 3.44. The van der Waals surface area contributed by atoms with Gasteiger partial charge in [0.05, 0.1) is 11.4 Å². The van der Waals surface area contributed by atoms with Gasteiger partial charge in [0.15, 0.2) is 12.3 Å². The third-order valence-corrected chi connectivity index (χ3v) is 4.71. The number of carbonyl (C=O) groups excluding carboxylic acids is 1. The molecule has 0 aliphatic carbocycles. The molecule has 5 nitrogen and oxygen atoms in total. The van der Waals surface area contributed by atoms with Gasteiger partial charge in [-0.3, -0.25) is 9.79 Å². The van der Waals surface area contributed by atoms with Crippen molar-refractivity contribution in [3.05, 3.63) is 63.1 Å². The highest BCUT2D eigenvalue weighted by Gasteiger charge is 2.33. The molecule has 1 N–H and O–H groups in total. The Labute approximate surface area is 159 Å². The van der Waals surface area contributed by atoms with Gasteiger partial charge in [-0.1, -0.05) is 45.7 Å². The highest BCUT2D eigenvalue weighted by Crippen LogP contribution is 2.30. The maximum absolute atomic E-state index is 12.7. The van der Waals surface area contributed by atoms with Crippen LogP contribution in [0.15, 0.2) is 51.9 Å². The maximum Gasteiger partial charge on any atom is 0.254 e. The molecule has 1 aliphatic heterocycles. The molecular weight excluding hydrogens is 408 g/mol. The van der Waals surface area contributed by atoms with E-state index in [1.54, 1.807) is 6.07 Å². The average molecular weight is 424 g/mol. The molecule has 1 atom stereocenters. The van der Waals surface area contributed by atoms with E-state index < -0.39 is 12.3 Å². The van der Waals surface area contributed by atoms with Crippen LogP contribution in [-0.2, 0) is 14.3 Å². The number of benzene rings is 2. The fourth-order valence-corrected chi connectivity index (χ4v) is 3.29. The number of benzodiazepines with no additional fused rings is 1. The molecule has 2 aromatic rings. The lowest BCUT2D eigenvalue weighted by atomic mass is 10.0. The summed E-state index contributed by atoms with van der Waals surface area (Å²) < 4.78 is 11.4. The standard InChI is InChI=1S/C18H16BrClN2O3/c1-24-18(25-2)16-17(23)21-14-8-7-10(19)9-12(14)15(22-16)11-5-3-4-6-13(11)20/h3-9,16,18H,1-2H3,(H,21,23). The summed E-state index contributed by atoms with van der Waals surface area (Å²) in [6, 6.07) is 12.1. The van der Waals surface area contributed by atoms with Crippen molar-refractivity contribution in [1.82, 2.24) is 0 Å². The van der Waals surface area contributed by atoms with E-state index in [0.29, 0.717) is 16.4 Å². The fraction of sp³-hybridized carbons (Fsp3) is 0.222. The number of amides is 1. The van der Waals surface area contributed by atoms with E-state index in [1.165, 1.54) is 14.2 Å². The van der Waals surface area contributed by atoms with E-state index in [4.69, 9.17) is 21.1 Å². The molecule has 0 spiro atoms. The number of nitrogens with zero attached hydrogens (tertiary/aromatic N) is 1. The molecule has 130 valence electrons. The third kappa shape index (κ3) is 3.62. The summed E-state index contributed by atoms with van der Waals surface area (Å²) in [4.78, 5) is 17.3. The van der Waals surface area contributed by atoms with E-state index in [9.17, 15) is 4.79 Å². The van der Waals surface area contributed by atoms with Crippen LogP contribution < -0.4 is 5.32 Å². The van der Waals surface area contributed by atoms with E-state index in [1.807, 2.05) is 36.4 Å². The van der Waals surface area contributed by atoms with Crippen LogP contribution >= 0.6 is 27.5 Å². The fourth-order valence-electron chi connectivity index (χ4n) is 2.70. The molecular formula is C18H16BrClN2O3. The van der Waals surface area contributed by atoms with Gasteiger partial charge in [-0.25, -0.2) is 0 Å². The van der Waals surface area contributed by atoms with Gasteiger partial charge in [0.2, 0.25) is 0 Å². The normalized spacial score (nSPS) is 16.9. The molecule has 25 heavy (non-hydrogen) atoms. The Morgan fingerprint density at radius 1 is 1.16 bits per heavy atom. The smallest absolute Gasteiger partial charge is 0.254 e. The molecule has 3 rings (SSSR count). The summed E-state index contributed by atoms with van der Waals surface area (Å²) in [7, 11) is 2.95. The first-order valence-corrected chi connectivity index (χ1v) is 8.71. The number of fused-ring (bicyclic) bond motifs is 1. The van der Waals surface area contributed by atoms with Gasteiger partial charge in [-0.05, 0) is 24.3 Å². The zero-order chi connectivity index (χ0) is 18.0. The molecule has 1 unspecified atom stereocenters. The van der Waals surface area contributed by atoms with Crippen LogP contribution in [-0.4, -0.2) is 38.2 Å². The summed E-state index contributed by atoms with van der Waals surface area (Å²) >= 11 is 9.86. The number of carbonyl (C=O) groups is 1. The number of anilines is 1. The van der Waals surface area contributed by atoms with Gasteiger partial charge in [0.25, 0.3) is 5.91 Å². The van der Waals surface area contributed by atoms with Crippen LogP contribution in [0.3, 0.4) is 0 Å². The first-order valence-electron chi connectivity index (χ1n) is 7.54. The largest absolute Gasteiger partial charge is 0.353 e. The van der Waals surface area contributed by atoms with Crippen molar-refractivity contribution >= 4 is 44.8 Å². The molecule has 7 heteroatoms. The van der Waals surface area contributed by atoms with Crippen LogP contribution in [0.25, 0.3) is 0 Å². The molecule has 1 aliphatic rings. The molecule has 0 saturated carbocycles. The minimum absolute atomic E-state index is 0.306. The summed E-state index contributed by atoms with van der Waals surface area (Å²) in [5.41, 5.74) is 2.75. The predicted molar refractivity (Wildman–Crippen MR) is 101 cm³/mol.